The molecule has 1 aromatic heterocycles. The molecule has 2 aromatic carbocycles. The molecule has 0 saturated heterocycles. The van der Waals surface area contributed by atoms with Crippen LogP contribution < -0.4 is 5.56 Å². The van der Waals surface area contributed by atoms with E-state index in [1.54, 1.807) is 42.5 Å². The number of para-hydroxylation sites is 1. The average Bonchev–Trinajstić information content (AvgIpc) is 2.68. The van der Waals surface area contributed by atoms with E-state index in [-0.39, 0.29) is 24.2 Å². The third kappa shape index (κ3) is 3.87. The number of aromatic nitrogens is 2. The van der Waals surface area contributed by atoms with Crippen LogP contribution in [0, 0.1) is 0 Å². The maximum atomic E-state index is 12.5. The number of benzene rings is 2. The molecule has 27 heavy (non-hydrogen) atoms. The molecule has 0 atom stereocenters. The van der Waals surface area contributed by atoms with Gasteiger partial charge < -0.3 is 14.5 Å². The van der Waals surface area contributed by atoms with Gasteiger partial charge >= 0.3 is 11.9 Å². The summed E-state index contributed by atoms with van der Waals surface area (Å²) in [6.07, 6.45) is -0.0330. The average molecular weight is 366 g/mol. The topological polar surface area (TPSA) is 98.3 Å². The van der Waals surface area contributed by atoms with Gasteiger partial charge in [0.2, 0.25) is 0 Å². The van der Waals surface area contributed by atoms with E-state index in [4.69, 9.17) is 9.47 Å². The van der Waals surface area contributed by atoms with Gasteiger partial charge in [0.1, 0.15) is 5.82 Å². The van der Waals surface area contributed by atoms with Gasteiger partial charge in [0.05, 0.1) is 38.0 Å². The summed E-state index contributed by atoms with van der Waals surface area (Å²) in [6, 6.07) is 12.2. The monoisotopic (exact) mass is 366 g/mol. The van der Waals surface area contributed by atoms with Crippen molar-refractivity contribution in [3.63, 3.8) is 0 Å². The Kier molecular flexibility index (Phi) is 5.30. The molecule has 0 aliphatic carbocycles. The van der Waals surface area contributed by atoms with Crippen molar-refractivity contribution in [2.75, 3.05) is 14.2 Å². The molecule has 3 rings (SSSR count). The smallest absolute Gasteiger partial charge is 0.310 e. The highest BCUT2D eigenvalue weighted by Crippen LogP contribution is 2.27. The van der Waals surface area contributed by atoms with E-state index < -0.39 is 11.9 Å². The van der Waals surface area contributed by atoms with Crippen LogP contribution in [0.3, 0.4) is 0 Å². The summed E-state index contributed by atoms with van der Waals surface area (Å²) >= 11 is 0. The first-order valence-corrected chi connectivity index (χ1v) is 8.27. The number of nitrogens with one attached hydrogen (secondary N) is 1. The van der Waals surface area contributed by atoms with Gasteiger partial charge in [-0.1, -0.05) is 30.3 Å². The van der Waals surface area contributed by atoms with E-state index in [9.17, 15) is 14.4 Å². The maximum Gasteiger partial charge on any atom is 0.310 e. The van der Waals surface area contributed by atoms with E-state index >= 15 is 0 Å². The number of H-pyrrole nitrogens is 1. The second kappa shape index (κ2) is 7.82. The Hall–Kier alpha value is -3.48. The van der Waals surface area contributed by atoms with Crippen molar-refractivity contribution in [3.8, 4) is 11.4 Å². The van der Waals surface area contributed by atoms with Gasteiger partial charge in [0.25, 0.3) is 5.56 Å². The lowest BCUT2D eigenvalue weighted by atomic mass is 9.96. The standard InChI is InChI=1S/C20H18N2O5/c1-26-16(23)10-12-6-5-7-13(11-17(24)27-2)18(12)19-21-15-9-4-3-8-14(15)20(25)22-19/h3-9H,10-11H2,1-2H3,(H,21,22,25). The second-order valence-corrected chi connectivity index (χ2v) is 5.89. The molecule has 0 aliphatic rings. The highest BCUT2D eigenvalue weighted by atomic mass is 16.5. The van der Waals surface area contributed by atoms with Crippen LogP contribution in [0.2, 0.25) is 0 Å². The van der Waals surface area contributed by atoms with Crippen molar-refractivity contribution >= 4 is 22.8 Å². The first kappa shape index (κ1) is 18.3. The Labute approximate surface area is 155 Å². The van der Waals surface area contributed by atoms with Crippen LogP contribution in [-0.2, 0) is 31.9 Å². The van der Waals surface area contributed by atoms with Crippen molar-refractivity contribution in [1.29, 1.82) is 0 Å². The number of nitrogens with zero attached hydrogens (tertiary/aromatic N) is 1. The van der Waals surface area contributed by atoms with Crippen molar-refractivity contribution < 1.29 is 19.1 Å². The zero-order valence-electron chi connectivity index (χ0n) is 14.9. The van der Waals surface area contributed by atoms with E-state index in [1.807, 2.05) is 0 Å². The van der Waals surface area contributed by atoms with Gasteiger partial charge in [-0.2, -0.15) is 0 Å². The molecule has 0 saturated carbocycles. The summed E-state index contributed by atoms with van der Waals surface area (Å²) in [7, 11) is 2.60. The summed E-state index contributed by atoms with van der Waals surface area (Å²) in [5.74, 6) is -0.582. The maximum absolute atomic E-state index is 12.5. The number of methoxy groups -OCH3 is 2. The third-order valence-corrected chi connectivity index (χ3v) is 4.21. The lowest BCUT2D eigenvalue weighted by molar-refractivity contribution is -0.140. The molecular weight excluding hydrogens is 348 g/mol. The molecule has 0 unspecified atom stereocenters. The number of hydrogen-bond acceptors (Lipinski definition) is 6. The summed E-state index contributed by atoms with van der Waals surface area (Å²) in [5, 5.41) is 0.459. The minimum atomic E-state index is -0.436. The first-order valence-electron chi connectivity index (χ1n) is 8.27. The molecule has 1 N–H and O–H groups in total. The van der Waals surface area contributed by atoms with Crippen LogP contribution in [0.5, 0.6) is 0 Å². The third-order valence-electron chi connectivity index (χ3n) is 4.21. The second-order valence-electron chi connectivity index (χ2n) is 5.89. The zero-order chi connectivity index (χ0) is 19.4. The van der Waals surface area contributed by atoms with E-state index in [0.717, 1.165) is 0 Å². The van der Waals surface area contributed by atoms with E-state index in [1.165, 1.54) is 14.2 Å². The van der Waals surface area contributed by atoms with Crippen LogP contribution >= 0.6 is 0 Å². The molecule has 0 bridgehead atoms. The highest BCUT2D eigenvalue weighted by molar-refractivity contribution is 5.84. The SMILES string of the molecule is COC(=O)Cc1cccc(CC(=O)OC)c1-c1nc2ccccc2c(=O)[nH]1. The quantitative estimate of drug-likeness (QED) is 0.694. The van der Waals surface area contributed by atoms with Crippen LogP contribution in [0.1, 0.15) is 11.1 Å². The van der Waals surface area contributed by atoms with Crippen LogP contribution in [0.4, 0.5) is 0 Å². The predicted octanol–water partition coefficient (Wildman–Crippen LogP) is 2.02. The summed E-state index contributed by atoms with van der Waals surface area (Å²) in [4.78, 5) is 43.4. The first-order chi connectivity index (χ1) is 13.0. The number of carbonyl (C=O) groups excluding carboxylic acids is 2. The van der Waals surface area contributed by atoms with Gasteiger partial charge in [-0.05, 0) is 23.3 Å². The van der Waals surface area contributed by atoms with Gasteiger partial charge in [-0.3, -0.25) is 14.4 Å². The Bertz CT molecular complexity index is 1040. The fraction of sp³-hybridized carbons (Fsp3) is 0.200. The molecule has 7 heteroatoms. The molecule has 1 heterocycles. The number of hydrogen-bond donors (Lipinski definition) is 1. The highest BCUT2D eigenvalue weighted by Gasteiger charge is 2.18. The molecular formula is C20H18N2O5. The van der Waals surface area contributed by atoms with Crippen molar-refractivity contribution in [3.05, 3.63) is 63.9 Å². The van der Waals surface area contributed by atoms with E-state index in [0.29, 0.717) is 27.6 Å². The molecule has 138 valence electrons. The van der Waals surface area contributed by atoms with Gasteiger partial charge in [-0.25, -0.2) is 4.98 Å². The van der Waals surface area contributed by atoms with Crippen LogP contribution in [-0.4, -0.2) is 36.1 Å². The Balaban J connectivity index is 2.23. The molecule has 0 radical (unpaired) electrons. The summed E-state index contributed by atoms with van der Waals surface area (Å²) < 4.78 is 9.52. The van der Waals surface area contributed by atoms with Gasteiger partial charge in [0, 0.05) is 5.56 Å². The predicted molar refractivity (Wildman–Crippen MR) is 99.2 cm³/mol. The lowest BCUT2D eigenvalue weighted by Crippen LogP contribution is -2.14. The Morgan fingerprint density at radius 1 is 0.926 bits per heavy atom. The van der Waals surface area contributed by atoms with Crippen molar-refractivity contribution in [2.45, 2.75) is 12.8 Å². The van der Waals surface area contributed by atoms with Crippen LogP contribution in [0.25, 0.3) is 22.3 Å². The molecule has 0 aliphatic heterocycles. The van der Waals surface area contributed by atoms with Gasteiger partial charge in [0.15, 0.2) is 0 Å². The van der Waals surface area contributed by atoms with Gasteiger partial charge in [-0.15, -0.1) is 0 Å². The molecule has 0 spiro atoms. The minimum absolute atomic E-state index is 0.0165. The number of fused-ring (bicyclic) bond motifs is 1. The molecule has 7 nitrogen and oxygen atoms in total. The summed E-state index contributed by atoms with van der Waals surface area (Å²) in [6.45, 7) is 0. The summed E-state index contributed by atoms with van der Waals surface area (Å²) in [5.41, 5.74) is 1.94. The zero-order valence-corrected chi connectivity index (χ0v) is 14.9. The normalized spacial score (nSPS) is 10.6. The number of esters is 2. The number of aromatic amines is 1. The molecule has 3 aromatic rings. The Morgan fingerprint density at radius 2 is 1.52 bits per heavy atom. The van der Waals surface area contributed by atoms with Crippen molar-refractivity contribution in [2.24, 2.45) is 0 Å². The minimum Gasteiger partial charge on any atom is -0.469 e. The fourth-order valence-electron chi connectivity index (χ4n) is 2.91. The molecule has 0 amide bonds. The number of rotatable bonds is 5. The fourth-order valence-corrected chi connectivity index (χ4v) is 2.91. The number of ether oxygens (including phenoxy) is 2. The lowest BCUT2D eigenvalue weighted by Gasteiger charge is -2.14. The largest absolute Gasteiger partial charge is 0.469 e. The van der Waals surface area contributed by atoms with Crippen LogP contribution in [0.15, 0.2) is 47.3 Å². The molecule has 0 fully saturated rings. The Morgan fingerprint density at radius 3 is 2.11 bits per heavy atom. The number of carbonyl (C=O) groups is 2. The van der Waals surface area contributed by atoms with E-state index in [2.05, 4.69) is 9.97 Å². The van der Waals surface area contributed by atoms with Crippen molar-refractivity contribution in [1.82, 2.24) is 9.97 Å².